The standard InChI is InChI=1S/C62H102O24/c1-29-48(64)55(71-14)49(65)56(76-29)82-52-32(4)75-46(26-43(52)69-12)80-50-30(2)73-45(24-41(50)67-10)79-51-31(3)74-47(25-42(51)68-11)81-53-34(6)84-61(27-44(53)70-13)28-72-57-54(85-86-61)33(5)77-58(83-57)78-35(7)62(66)22-19-40-38-16-15-36-23-37(63)17-20-59(36,8)39(38)18-21-60(40,62)9/h15,29-35,37-58,63-66H,16-28H2,1-14H3/t29-,30-,31-,32-,33-,34-,35+,37-,38-,39+,40-,41+,42+,43+,44-,45+,46+,47+,48+,49-,50-,51-,52-,53-,54-,55+,56+,57-,58-,59+,60+,61+,62+/m1/s1. The van der Waals surface area contributed by atoms with Gasteiger partial charge in [0, 0.05) is 66.6 Å². The molecule has 0 aromatic heterocycles. The van der Waals surface area contributed by atoms with Crippen molar-refractivity contribution in [2.75, 3.05) is 42.2 Å². The van der Waals surface area contributed by atoms with Crippen molar-refractivity contribution in [1.29, 1.82) is 0 Å². The predicted molar refractivity (Wildman–Crippen MR) is 299 cm³/mol. The molecule has 0 aromatic carbocycles. The summed E-state index contributed by atoms with van der Waals surface area (Å²) in [5.41, 5.74) is 0.0745. The number of aliphatic hydroxyl groups is 4. The Kier molecular flexibility index (Phi) is 20.5. The number of hydrogen-bond donors (Lipinski definition) is 4. The molecule has 11 aliphatic rings. The van der Waals surface area contributed by atoms with Crippen LogP contribution in [0.3, 0.4) is 0 Å². The van der Waals surface area contributed by atoms with Crippen LogP contribution in [-0.4, -0.2) is 234 Å². The lowest BCUT2D eigenvalue weighted by Crippen LogP contribution is -2.61. The fourth-order valence-electron chi connectivity index (χ4n) is 17.4. The molecular weight excluding hydrogens is 1130 g/mol. The smallest absolute Gasteiger partial charge is 0.274 e. The summed E-state index contributed by atoms with van der Waals surface area (Å²) in [7, 11) is 7.87. The molecule has 7 heterocycles. The molecule has 4 N–H and O–H groups in total. The van der Waals surface area contributed by atoms with Crippen LogP contribution in [0.15, 0.2) is 11.6 Å². The minimum atomic E-state index is -1.40. The second-order valence-corrected chi connectivity index (χ2v) is 27.3. The van der Waals surface area contributed by atoms with Crippen molar-refractivity contribution < 1.29 is 115 Å². The Morgan fingerprint density at radius 1 is 0.581 bits per heavy atom. The van der Waals surface area contributed by atoms with E-state index in [0.29, 0.717) is 43.4 Å². The van der Waals surface area contributed by atoms with E-state index in [1.165, 1.54) is 12.7 Å². The van der Waals surface area contributed by atoms with Crippen molar-refractivity contribution in [3.05, 3.63) is 11.6 Å². The molecular formula is C62H102O24. The Bertz CT molecular complexity index is 2270. The van der Waals surface area contributed by atoms with Gasteiger partial charge in [-0.25, -0.2) is 4.89 Å². The molecule has 0 amide bonds. The van der Waals surface area contributed by atoms with Crippen LogP contribution in [0.2, 0.25) is 0 Å². The normalized spacial score (nSPS) is 53.8. The van der Waals surface area contributed by atoms with Crippen LogP contribution in [0, 0.1) is 28.6 Å². The van der Waals surface area contributed by atoms with Crippen LogP contribution in [0.5, 0.6) is 0 Å². The SMILES string of the molecule is CO[C@H]1[C@@H](O)[C@@H](C)O[C@@H](O[C@H]2[C@@H](OC)C[C@H](O[C@H]3[C@@H](OC)C[C@H](O[C@H]4[C@@H](OC)C[C@H](O[C@@H]5[C@@H](C)O[C@@]6(CO[C@@H]7O[C@@H](O[C@@H](C)[C@@]8(O)CC[C@@H]9[C@@H]%10CC=C%11C[C@H](O)CC[C@]%11(C)[C@H]%10CC[C@@]98C)O[C@H](C)[C@H]7OO6)C[C@H]5OC)O[C@@H]4C)O[C@@H]3C)O[C@@H]2C)[C@@H]1O. The molecule has 494 valence electrons. The molecule has 11 rings (SSSR count). The monoisotopic (exact) mass is 1230 g/mol. The molecule has 0 aromatic rings. The lowest BCUT2D eigenvalue weighted by atomic mass is 9.46. The van der Waals surface area contributed by atoms with Gasteiger partial charge in [-0.2, -0.15) is 4.89 Å². The molecule has 33 atom stereocenters. The van der Waals surface area contributed by atoms with Gasteiger partial charge in [0.2, 0.25) is 5.79 Å². The summed E-state index contributed by atoms with van der Waals surface area (Å²) in [5, 5.41) is 44.7. The highest BCUT2D eigenvalue weighted by molar-refractivity contribution is 5.26. The maximum atomic E-state index is 12.8. The van der Waals surface area contributed by atoms with E-state index in [9.17, 15) is 20.4 Å². The van der Waals surface area contributed by atoms with Crippen molar-refractivity contribution in [3.63, 3.8) is 0 Å². The largest absolute Gasteiger partial charge is 0.393 e. The van der Waals surface area contributed by atoms with Crippen LogP contribution in [0.4, 0.5) is 0 Å². The molecule has 24 heteroatoms. The van der Waals surface area contributed by atoms with Crippen LogP contribution in [0.1, 0.15) is 139 Å². The van der Waals surface area contributed by atoms with Gasteiger partial charge >= 0.3 is 0 Å². The molecule has 86 heavy (non-hydrogen) atoms. The van der Waals surface area contributed by atoms with Crippen LogP contribution >= 0.6 is 0 Å². The quantitative estimate of drug-likeness (QED) is 0.119. The van der Waals surface area contributed by atoms with E-state index in [2.05, 4.69) is 19.9 Å². The molecule has 0 radical (unpaired) electrons. The summed E-state index contributed by atoms with van der Waals surface area (Å²) >= 11 is 0. The average molecular weight is 1230 g/mol. The molecule has 1 spiro atoms. The van der Waals surface area contributed by atoms with Crippen LogP contribution in [0.25, 0.3) is 0 Å². The lowest BCUT2D eigenvalue weighted by Gasteiger charge is -2.59. The van der Waals surface area contributed by atoms with Crippen molar-refractivity contribution in [2.24, 2.45) is 28.6 Å². The van der Waals surface area contributed by atoms with Crippen molar-refractivity contribution >= 4 is 0 Å². The molecule has 0 unspecified atom stereocenters. The van der Waals surface area contributed by atoms with Gasteiger partial charge < -0.3 is 101 Å². The highest BCUT2D eigenvalue weighted by Gasteiger charge is 2.66. The van der Waals surface area contributed by atoms with Gasteiger partial charge in [0.05, 0.1) is 78.8 Å². The van der Waals surface area contributed by atoms with Crippen molar-refractivity contribution in [3.8, 4) is 0 Å². The zero-order chi connectivity index (χ0) is 61.4. The first-order chi connectivity index (χ1) is 41.0. The first kappa shape index (κ1) is 66.2. The topological polar surface area (TPSA) is 266 Å². The summed E-state index contributed by atoms with van der Waals surface area (Å²) in [6, 6.07) is 0. The third kappa shape index (κ3) is 12.5. The van der Waals surface area contributed by atoms with Crippen LogP contribution in [-0.2, 0) is 95.0 Å². The van der Waals surface area contributed by atoms with E-state index in [-0.39, 0.29) is 30.0 Å². The van der Waals surface area contributed by atoms with Gasteiger partial charge in [-0.1, -0.05) is 25.5 Å². The number of ether oxygens (including phenoxy) is 18. The fraction of sp³-hybridized carbons (Fsp3) is 0.968. The summed E-state index contributed by atoms with van der Waals surface area (Å²) in [6.45, 7) is 16.5. The fourth-order valence-corrected chi connectivity index (χ4v) is 17.4. The number of hydrogen-bond acceptors (Lipinski definition) is 24. The highest BCUT2D eigenvalue weighted by atomic mass is 17.2. The number of rotatable bonds is 16. The second kappa shape index (κ2) is 26.6. The third-order valence-electron chi connectivity index (χ3n) is 22.4. The molecule has 7 saturated heterocycles. The molecule has 0 bridgehead atoms. The van der Waals surface area contributed by atoms with E-state index < -0.39 is 165 Å². The van der Waals surface area contributed by atoms with Gasteiger partial charge in [-0.3, -0.25) is 4.74 Å². The highest BCUT2D eigenvalue weighted by Crippen LogP contribution is 2.68. The minimum absolute atomic E-state index is 0.0647. The number of methoxy groups -OCH3 is 5. The molecule has 10 fully saturated rings. The molecule has 7 aliphatic heterocycles. The number of fused-ring (bicyclic) bond motifs is 6. The van der Waals surface area contributed by atoms with Gasteiger partial charge in [0.1, 0.15) is 49.3 Å². The first-order valence-corrected chi connectivity index (χ1v) is 31.9. The Morgan fingerprint density at radius 2 is 1.15 bits per heavy atom. The van der Waals surface area contributed by atoms with Crippen LogP contribution < -0.4 is 0 Å². The summed E-state index contributed by atoms with van der Waals surface area (Å²) in [4.78, 5) is 12.3. The second-order valence-electron chi connectivity index (χ2n) is 27.3. The Morgan fingerprint density at radius 3 is 1.73 bits per heavy atom. The van der Waals surface area contributed by atoms with E-state index >= 15 is 0 Å². The van der Waals surface area contributed by atoms with E-state index in [0.717, 1.165) is 44.9 Å². The molecule has 3 saturated carbocycles. The number of allylic oxidation sites excluding steroid dienone is 1. The Hall–Kier alpha value is -1.22. The van der Waals surface area contributed by atoms with Crippen molar-refractivity contribution in [1.82, 2.24) is 0 Å². The summed E-state index contributed by atoms with van der Waals surface area (Å²) in [6.07, 6.45) is -5.86. The molecule has 4 aliphatic carbocycles. The maximum absolute atomic E-state index is 12.8. The zero-order valence-electron chi connectivity index (χ0n) is 53.0. The zero-order valence-corrected chi connectivity index (χ0v) is 53.0. The number of aliphatic hydroxyl groups excluding tert-OH is 3. The predicted octanol–water partition coefficient (Wildman–Crippen LogP) is 4.83. The van der Waals surface area contributed by atoms with Gasteiger partial charge in [-0.15, -0.1) is 0 Å². The van der Waals surface area contributed by atoms with Gasteiger partial charge in [0.25, 0.3) is 6.48 Å². The van der Waals surface area contributed by atoms with Crippen molar-refractivity contribution in [2.45, 2.75) is 311 Å². The third-order valence-corrected chi connectivity index (χ3v) is 22.4. The summed E-state index contributed by atoms with van der Waals surface area (Å²) < 4.78 is 113. The van der Waals surface area contributed by atoms with E-state index in [1.807, 2.05) is 41.5 Å². The van der Waals surface area contributed by atoms with Gasteiger partial charge in [0.15, 0.2) is 37.6 Å². The lowest BCUT2D eigenvalue weighted by molar-refractivity contribution is -0.489. The average Bonchev–Trinajstić information content (AvgIpc) is 1.44. The Labute approximate surface area is 507 Å². The van der Waals surface area contributed by atoms with E-state index in [4.69, 9.17) is 95.0 Å². The maximum Gasteiger partial charge on any atom is 0.274 e. The Balaban J connectivity index is 0.652. The van der Waals surface area contributed by atoms with E-state index in [1.54, 1.807) is 35.4 Å². The molecule has 24 nitrogen and oxygen atoms in total. The van der Waals surface area contributed by atoms with Gasteiger partial charge in [-0.05, 0) is 123 Å². The first-order valence-electron chi connectivity index (χ1n) is 31.9. The minimum Gasteiger partial charge on any atom is -0.393 e. The summed E-state index contributed by atoms with van der Waals surface area (Å²) in [5.74, 6) is -0.0376.